The Kier molecular flexibility index (Phi) is 10.8. The summed E-state index contributed by atoms with van der Waals surface area (Å²) in [7, 11) is 0. The molecule has 4 nitrogen and oxygen atoms in total. The van der Waals surface area contributed by atoms with E-state index in [9.17, 15) is 9.59 Å². The molecule has 1 aromatic rings. The molecular weight excluding hydrogens is 340 g/mol. The molecule has 1 aromatic carbocycles. The lowest BCUT2D eigenvalue weighted by Gasteiger charge is -2.13. The zero-order chi connectivity index (χ0) is 20.2. The second kappa shape index (κ2) is 12.5. The van der Waals surface area contributed by atoms with Gasteiger partial charge in [-0.2, -0.15) is 0 Å². The highest BCUT2D eigenvalue weighted by atomic mass is 16.5. The Hall–Kier alpha value is -1.84. The molecule has 4 heteroatoms. The van der Waals surface area contributed by atoms with Crippen molar-refractivity contribution in [3.05, 3.63) is 23.8 Å². The Bertz CT molecular complexity index is 538. The van der Waals surface area contributed by atoms with Crippen molar-refractivity contribution in [2.24, 2.45) is 11.8 Å². The molecule has 0 aliphatic carbocycles. The van der Waals surface area contributed by atoms with Crippen LogP contribution in [0.25, 0.3) is 0 Å². The fourth-order valence-corrected chi connectivity index (χ4v) is 3.23. The summed E-state index contributed by atoms with van der Waals surface area (Å²) < 4.78 is 10.9. The number of carbonyl (C=O) groups is 2. The number of carbonyl (C=O) groups excluding carboxylic acids is 2. The van der Waals surface area contributed by atoms with Gasteiger partial charge in [-0.1, -0.05) is 53.4 Å². The predicted molar refractivity (Wildman–Crippen MR) is 109 cm³/mol. The Morgan fingerprint density at radius 3 is 1.44 bits per heavy atom. The van der Waals surface area contributed by atoms with E-state index in [1.807, 2.05) is 6.92 Å². The molecule has 0 aliphatic rings. The SMILES string of the molecule is CCC(CC)CCC(=O)Oc1cc(C)cc(OC(=O)CCC(CC)CC)c1. The normalized spacial score (nSPS) is 11.1. The van der Waals surface area contributed by atoms with Gasteiger partial charge in [-0.05, 0) is 49.3 Å². The Balaban J connectivity index is 2.60. The van der Waals surface area contributed by atoms with Crippen LogP contribution in [-0.2, 0) is 9.59 Å². The van der Waals surface area contributed by atoms with Gasteiger partial charge in [-0.3, -0.25) is 9.59 Å². The fraction of sp³-hybridized carbons (Fsp3) is 0.652. The molecule has 1 rings (SSSR count). The second-order valence-electron chi connectivity index (χ2n) is 7.37. The van der Waals surface area contributed by atoms with Crippen molar-refractivity contribution >= 4 is 11.9 Å². The van der Waals surface area contributed by atoms with E-state index in [1.54, 1.807) is 18.2 Å². The predicted octanol–water partition coefficient (Wildman–Crippen LogP) is 6.24. The van der Waals surface area contributed by atoms with Crippen LogP contribution in [0.3, 0.4) is 0 Å². The van der Waals surface area contributed by atoms with Crippen molar-refractivity contribution in [1.82, 2.24) is 0 Å². The molecule has 152 valence electrons. The zero-order valence-electron chi connectivity index (χ0n) is 17.7. The summed E-state index contributed by atoms with van der Waals surface area (Å²) in [5.41, 5.74) is 0.892. The summed E-state index contributed by atoms with van der Waals surface area (Å²) in [6.45, 7) is 10.5. The van der Waals surface area contributed by atoms with Crippen LogP contribution in [-0.4, -0.2) is 11.9 Å². The highest BCUT2D eigenvalue weighted by Gasteiger charge is 2.13. The molecule has 0 spiro atoms. The van der Waals surface area contributed by atoms with Crippen LogP contribution in [0.2, 0.25) is 0 Å². The quantitative estimate of drug-likeness (QED) is 0.320. The van der Waals surface area contributed by atoms with E-state index < -0.39 is 0 Å². The molecule has 0 saturated heterocycles. The van der Waals surface area contributed by atoms with Crippen molar-refractivity contribution in [2.75, 3.05) is 0 Å². The van der Waals surface area contributed by atoms with Crippen LogP contribution in [0.5, 0.6) is 11.5 Å². The number of hydrogen-bond donors (Lipinski definition) is 0. The summed E-state index contributed by atoms with van der Waals surface area (Å²) in [6, 6.07) is 5.20. The smallest absolute Gasteiger partial charge is 0.311 e. The lowest BCUT2D eigenvalue weighted by molar-refractivity contribution is -0.135. The third-order valence-electron chi connectivity index (χ3n) is 5.31. The van der Waals surface area contributed by atoms with Gasteiger partial charge in [0.2, 0.25) is 0 Å². The standard InChI is InChI=1S/C23H36O4/c1-6-18(7-2)10-12-22(24)26-20-14-17(5)15-21(16-20)27-23(25)13-11-19(8-3)9-4/h14-16,18-19H,6-13H2,1-5H3. The minimum absolute atomic E-state index is 0.237. The first kappa shape index (κ1) is 23.2. The zero-order valence-corrected chi connectivity index (χ0v) is 17.7. The number of benzene rings is 1. The molecule has 0 atom stereocenters. The monoisotopic (exact) mass is 376 g/mol. The van der Waals surface area contributed by atoms with Crippen molar-refractivity contribution in [3.8, 4) is 11.5 Å². The molecule has 0 N–H and O–H groups in total. The molecule has 0 radical (unpaired) electrons. The maximum absolute atomic E-state index is 12.1. The van der Waals surface area contributed by atoms with E-state index >= 15 is 0 Å². The lowest BCUT2D eigenvalue weighted by atomic mass is 9.98. The first-order valence-electron chi connectivity index (χ1n) is 10.4. The fourth-order valence-electron chi connectivity index (χ4n) is 3.23. The topological polar surface area (TPSA) is 52.6 Å². The van der Waals surface area contributed by atoms with Crippen LogP contribution >= 0.6 is 0 Å². The minimum Gasteiger partial charge on any atom is -0.426 e. The van der Waals surface area contributed by atoms with E-state index in [-0.39, 0.29) is 11.9 Å². The lowest BCUT2D eigenvalue weighted by Crippen LogP contribution is -2.12. The van der Waals surface area contributed by atoms with Crippen molar-refractivity contribution in [2.45, 2.75) is 86.0 Å². The number of hydrogen-bond acceptors (Lipinski definition) is 4. The molecule has 0 fully saturated rings. The molecule has 27 heavy (non-hydrogen) atoms. The van der Waals surface area contributed by atoms with E-state index in [0.717, 1.165) is 44.1 Å². The molecule has 0 aromatic heterocycles. The van der Waals surface area contributed by atoms with Gasteiger partial charge in [0.25, 0.3) is 0 Å². The van der Waals surface area contributed by atoms with Gasteiger partial charge in [-0.15, -0.1) is 0 Å². The Morgan fingerprint density at radius 2 is 1.11 bits per heavy atom. The van der Waals surface area contributed by atoms with Gasteiger partial charge in [0.15, 0.2) is 0 Å². The minimum atomic E-state index is -0.237. The number of rotatable bonds is 12. The highest BCUT2D eigenvalue weighted by Crippen LogP contribution is 2.25. The largest absolute Gasteiger partial charge is 0.426 e. The third-order valence-corrected chi connectivity index (χ3v) is 5.31. The van der Waals surface area contributed by atoms with Gasteiger partial charge >= 0.3 is 11.9 Å². The summed E-state index contributed by atoms with van der Waals surface area (Å²) >= 11 is 0. The molecule has 0 amide bonds. The van der Waals surface area contributed by atoms with Crippen LogP contribution in [0.4, 0.5) is 0 Å². The molecular formula is C23H36O4. The average molecular weight is 377 g/mol. The van der Waals surface area contributed by atoms with Gasteiger partial charge in [-0.25, -0.2) is 0 Å². The van der Waals surface area contributed by atoms with Gasteiger partial charge < -0.3 is 9.47 Å². The molecule has 0 aliphatic heterocycles. The Labute approximate surface area is 164 Å². The van der Waals surface area contributed by atoms with E-state index in [2.05, 4.69) is 27.7 Å². The molecule has 0 heterocycles. The van der Waals surface area contributed by atoms with Crippen molar-refractivity contribution < 1.29 is 19.1 Å². The van der Waals surface area contributed by atoms with Crippen LogP contribution in [0, 0.1) is 18.8 Å². The first-order chi connectivity index (χ1) is 12.9. The number of aryl methyl sites for hydroxylation is 1. The third kappa shape index (κ3) is 9.07. The van der Waals surface area contributed by atoms with Gasteiger partial charge in [0.1, 0.15) is 11.5 Å². The second-order valence-corrected chi connectivity index (χ2v) is 7.37. The average Bonchev–Trinajstić information content (AvgIpc) is 2.62. The van der Waals surface area contributed by atoms with Crippen LogP contribution in [0.15, 0.2) is 18.2 Å². The maximum Gasteiger partial charge on any atom is 0.311 e. The number of esters is 2. The van der Waals surface area contributed by atoms with Crippen LogP contribution in [0.1, 0.15) is 84.6 Å². The van der Waals surface area contributed by atoms with Crippen LogP contribution < -0.4 is 9.47 Å². The first-order valence-corrected chi connectivity index (χ1v) is 10.4. The van der Waals surface area contributed by atoms with E-state index in [1.165, 1.54) is 0 Å². The van der Waals surface area contributed by atoms with E-state index in [4.69, 9.17) is 9.47 Å². The van der Waals surface area contributed by atoms with Gasteiger partial charge in [0.05, 0.1) is 0 Å². The summed E-state index contributed by atoms with van der Waals surface area (Å²) in [6.07, 6.45) is 6.80. The Morgan fingerprint density at radius 1 is 0.741 bits per heavy atom. The summed E-state index contributed by atoms with van der Waals surface area (Å²) in [4.78, 5) is 24.2. The molecule has 0 unspecified atom stereocenters. The van der Waals surface area contributed by atoms with Crippen molar-refractivity contribution in [3.63, 3.8) is 0 Å². The summed E-state index contributed by atoms with van der Waals surface area (Å²) in [5, 5.41) is 0. The summed E-state index contributed by atoms with van der Waals surface area (Å²) in [5.74, 6) is 1.51. The van der Waals surface area contributed by atoms with Gasteiger partial charge in [0, 0.05) is 18.9 Å². The van der Waals surface area contributed by atoms with E-state index in [0.29, 0.717) is 36.2 Å². The number of ether oxygens (including phenoxy) is 2. The highest BCUT2D eigenvalue weighted by molar-refractivity contribution is 5.74. The van der Waals surface area contributed by atoms with Crippen molar-refractivity contribution in [1.29, 1.82) is 0 Å². The molecule has 0 saturated carbocycles. The maximum atomic E-state index is 12.1. The molecule has 0 bridgehead atoms.